The summed E-state index contributed by atoms with van der Waals surface area (Å²) in [6.45, 7) is 9.75. The van der Waals surface area contributed by atoms with Crippen LogP contribution in [0, 0.1) is 17.2 Å². The molecule has 1 aliphatic heterocycles. The largest absolute Gasteiger partial charge is 0.300 e. The fourth-order valence-electron chi connectivity index (χ4n) is 1.86. The Morgan fingerprint density at radius 3 is 2.46 bits per heavy atom. The van der Waals surface area contributed by atoms with Crippen LogP contribution < -0.4 is 0 Å². The van der Waals surface area contributed by atoms with Crippen LogP contribution in [0.2, 0.25) is 0 Å². The molecule has 0 aliphatic carbocycles. The maximum Gasteiger partial charge on any atom is 0.0666 e. The average molecular weight is 198 g/mol. The van der Waals surface area contributed by atoms with E-state index in [1.54, 1.807) is 0 Å². The minimum absolute atomic E-state index is 0.169. The van der Waals surface area contributed by atoms with Crippen LogP contribution in [0.4, 0.5) is 0 Å². The van der Waals surface area contributed by atoms with E-state index in [0.29, 0.717) is 0 Å². The van der Waals surface area contributed by atoms with Gasteiger partial charge in [0.15, 0.2) is 0 Å². The first-order chi connectivity index (χ1) is 6.11. The van der Waals surface area contributed by atoms with Gasteiger partial charge in [0.05, 0.1) is 12.0 Å². The number of nitriles is 1. The third kappa shape index (κ3) is 3.58. The summed E-state index contributed by atoms with van der Waals surface area (Å²) in [7, 11) is 0. The molecular weight excluding hydrogens is 180 g/mol. The minimum atomic E-state index is 0.169. The van der Waals surface area contributed by atoms with E-state index in [1.807, 2.05) is 6.92 Å². The zero-order valence-corrected chi connectivity index (χ0v) is 9.47. The molecule has 0 radical (unpaired) electrons. The average Bonchev–Trinajstić information content (AvgIpc) is 2.02. The number of hydrogen-bond donors (Lipinski definition) is 0. The standard InChI is InChI=1S/C10H18N2S/c1-8(4-11)5-12-6-9(2)13-10(3)7-12/h8-10H,5-7H2,1-3H3. The van der Waals surface area contributed by atoms with E-state index in [2.05, 4.69) is 36.6 Å². The second-order valence-electron chi connectivity index (χ2n) is 4.01. The first-order valence-electron chi connectivity index (χ1n) is 4.89. The van der Waals surface area contributed by atoms with Gasteiger partial charge in [-0.3, -0.25) is 4.90 Å². The quantitative estimate of drug-likeness (QED) is 0.679. The van der Waals surface area contributed by atoms with E-state index < -0.39 is 0 Å². The smallest absolute Gasteiger partial charge is 0.0666 e. The molecule has 13 heavy (non-hydrogen) atoms. The summed E-state index contributed by atoms with van der Waals surface area (Å²) < 4.78 is 0. The molecule has 0 spiro atoms. The third-order valence-electron chi connectivity index (χ3n) is 2.25. The molecule has 0 bridgehead atoms. The molecule has 0 N–H and O–H groups in total. The van der Waals surface area contributed by atoms with Crippen LogP contribution in [0.5, 0.6) is 0 Å². The number of nitrogens with zero attached hydrogens (tertiary/aromatic N) is 2. The molecule has 0 aromatic heterocycles. The Hall–Kier alpha value is -0.200. The van der Waals surface area contributed by atoms with Gasteiger partial charge < -0.3 is 0 Å². The molecule has 3 heteroatoms. The zero-order chi connectivity index (χ0) is 9.84. The molecule has 0 saturated carbocycles. The normalized spacial score (nSPS) is 32.5. The van der Waals surface area contributed by atoms with Crippen LogP contribution in [-0.4, -0.2) is 35.0 Å². The highest BCUT2D eigenvalue weighted by molar-refractivity contribution is 8.00. The van der Waals surface area contributed by atoms with Gasteiger partial charge in [0, 0.05) is 30.1 Å². The topological polar surface area (TPSA) is 27.0 Å². The molecule has 0 aromatic carbocycles. The molecule has 1 saturated heterocycles. The Morgan fingerprint density at radius 1 is 1.46 bits per heavy atom. The van der Waals surface area contributed by atoms with Gasteiger partial charge in [-0.1, -0.05) is 13.8 Å². The van der Waals surface area contributed by atoms with Gasteiger partial charge in [0.1, 0.15) is 0 Å². The fraction of sp³-hybridized carbons (Fsp3) is 0.900. The molecule has 0 aromatic rings. The van der Waals surface area contributed by atoms with E-state index in [9.17, 15) is 0 Å². The molecule has 2 nitrogen and oxygen atoms in total. The first-order valence-corrected chi connectivity index (χ1v) is 5.83. The lowest BCUT2D eigenvalue weighted by Gasteiger charge is -2.35. The lowest BCUT2D eigenvalue weighted by atomic mass is 10.2. The predicted octanol–water partition coefficient (Wildman–Crippen LogP) is 1.97. The lowest BCUT2D eigenvalue weighted by molar-refractivity contribution is 0.253. The van der Waals surface area contributed by atoms with Crippen LogP contribution in [0.1, 0.15) is 20.8 Å². The minimum Gasteiger partial charge on any atom is -0.300 e. The van der Waals surface area contributed by atoms with E-state index >= 15 is 0 Å². The van der Waals surface area contributed by atoms with Crippen LogP contribution in [0.3, 0.4) is 0 Å². The molecule has 0 amide bonds. The predicted molar refractivity (Wildman–Crippen MR) is 57.7 cm³/mol. The molecule has 3 atom stereocenters. The van der Waals surface area contributed by atoms with Crippen LogP contribution >= 0.6 is 11.8 Å². The van der Waals surface area contributed by atoms with Crippen molar-refractivity contribution in [3.05, 3.63) is 0 Å². The summed E-state index contributed by atoms with van der Waals surface area (Å²) in [5.74, 6) is 0.169. The van der Waals surface area contributed by atoms with E-state index in [4.69, 9.17) is 5.26 Å². The molecule has 74 valence electrons. The van der Waals surface area contributed by atoms with Gasteiger partial charge in [-0.15, -0.1) is 0 Å². The van der Waals surface area contributed by atoms with Gasteiger partial charge in [-0.25, -0.2) is 0 Å². The summed E-state index contributed by atoms with van der Waals surface area (Å²) in [5, 5.41) is 10.1. The molecule has 1 rings (SSSR count). The number of rotatable bonds is 2. The van der Waals surface area contributed by atoms with Gasteiger partial charge in [0.25, 0.3) is 0 Å². The monoisotopic (exact) mass is 198 g/mol. The highest BCUT2D eigenvalue weighted by atomic mass is 32.2. The van der Waals surface area contributed by atoms with Crippen molar-refractivity contribution in [2.75, 3.05) is 19.6 Å². The first kappa shape index (κ1) is 10.9. The summed E-state index contributed by atoms with van der Waals surface area (Å²) >= 11 is 2.06. The van der Waals surface area contributed by atoms with Crippen LogP contribution in [-0.2, 0) is 0 Å². The number of hydrogen-bond acceptors (Lipinski definition) is 3. The Kier molecular flexibility index (Phi) is 4.08. The highest BCUT2D eigenvalue weighted by Crippen LogP contribution is 2.24. The van der Waals surface area contributed by atoms with Crippen molar-refractivity contribution >= 4 is 11.8 Å². The summed E-state index contributed by atoms with van der Waals surface area (Å²) in [5.41, 5.74) is 0. The Morgan fingerprint density at radius 2 is 2.00 bits per heavy atom. The molecule has 3 unspecified atom stereocenters. The Labute approximate surface area is 85.3 Å². The second-order valence-corrected chi connectivity index (χ2v) is 5.89. The fourth-order valence-corrected chi connectivity index (χ4v) is 3.25. The zero-order valence-electron chi connectivity index (χ0n) is 8.66. The van der Waals surface area contributed by atoms with Gasteiger partial charge in [-0.2, -0.15) is 17.0 Å². The summed E-state index contributed by atoms with van der Waals surface area (Å²) in [4.78, 5) is 2.42. The molecule has 1 heterocycles. The SMILES string of the molecule is CC(C#N)CN1CC(C)SC(C)C1. The van der Waals surface area contributed by atoms with Crippen molar-refractivity contribution in [3.63, 3.8) is 0 Å². The maximum atomic E-state index is 8.72. The van der Waals surface area contributed by atoms with Crippen molar-refractivity contribution in [1.82, 2.24) is 4.90 Å². The van der Waals surface area contributed by atoms with E-state index in [0.717, 1.165) is 30.1 Å². The molecule has 1 fully saturated rings. The van der Waals surface area contributed by atoms with Crippen molar-refractivity contribution in [1.29, 1.82) is 5.26 Å². The maximum absolute atomic E-state index is 8.72. The third-order valence-corrected chi connectivity index (χ3v) is 3.48. The van der Waals surface area contributed by atoms with E-state index in [1.165, 1.54) is 0 Å². The Bertz CT molecular complexity index is 190. The van der Waals surface area contributed by atoms with Gasteiger partial charge >= 0.3 is 0 Å². The van der Waals surface area contributed by atoms with Crippen molar-refractivity contribution in [2.24, 2.45) is 5.92 Å². The van der Waals surface area contributed by atoms with E-state index in [-0.39, 0.29) is 5.92 Å². The van der Waals surface area contributed by atoms with Crippen molar-refractivity contribution in [2.45, 2.75) is 31.3 Å². The second kappa shape index (κ2) is 4.88. The lowest BCUT2D eigenvalue weighted by Crippen LogP contribution is -2.42. The van der Waals surface area contributed by atoms with Gasteiger partial charge in [0.2, 0.25) is 0 Å². The van der Waals surface area contributed by atoms with Crippen molar-refractivity contribution < 1.29 is 0 Å². The van der Waals surface area contributed by atoms with Crippen LogP contribution in [0.25, 0.3) is 0 Å². The van der Waals surface area contributed by atoms with Crippen LogP contribution in [0.15, 0.2) is 0 Å². The highest BCUT2D eigenvalue weighted by Gasteiger charge is 2.22. The van der Waals surface area contributed by atoms with Crippen molar-refractivity contribution in [3.8, 4) is 6.07 Å². The Balaban J connectivity index is 2.38. The number of thioether (sulfide) groups is 1. The molecule has 1 aliphatic rings. The summed E-state index contributed by atoms with van der Waals surface area (Å²) in [6.07, 6.45) is 0. The summed E-state index contributed by atoms with van der Waals surface area (Å²) in [6, 6.07) is 2.29. The van der Waals surface area contributed by atoms with Gasteiger partial charge in [-0.05, 0) is 6.92 Å². The molecular formula is C10H18N2S.